The van der Waals surface area contributed by atoms with Gasteiger partial charge in [0.15, 0.2) is 17.0 Å². The van der Waals surface area contributed by atoms with E-state index in [-0.39, 0.29) is 0 Å². The minimum atomic E-state index is 0.871. The van der Waals surface area contributed by atoms with Gasteiger partial charge in [0.05, 0.1) is 6.33 Å². The maximum atomic E-state index is 4.52. The van der Waals surface area contributed by atoms with E-state index in [9.17, 15) is 0 Å². The van der Waals surface area contributed by atoms with Crippen LogP contribution in [0.4, 0.5) is 5.82 Å². The van der Waals surface area contributed by atoms with Gasteiger partial charge in [0, 0.05) is 19.6 Å². The summed E-state index contributed by atoms with van der Waals surface area (Å²) in [6.45, 7) is 4.83. The van der Waals surface area contributed by atoms with Gasteiger partial charge in [-0.1, -0.05) is 24.3 Å². The second kappa shape index (κ2) is 4.84. The molecule has 1 aromatic carbocycles. The molecule has 21 heavy (non-hydrogen) atoms. The average molecular weight is 279 g/mol. The van der Waals surface area contributed by atoms with Crippen molar-refractivity contribution in [3.05, 3.63) is 48.0 Å². The highest BCUT2D eigenvalue weighted by atomic mass is 15.2. The Bertz CT molecular complexity index is 792. The van der Waals surface area contributed by atoms with Crippen LogP contribution in [0.3, 0.4) is 0 Å². The lowest BCUT2D eigenvalue weighted by Gasteiger charge is -2.29. The van der Waals surface area contributed by atoms with E-state index >= 15 is 0 Å². The molecule has 1 aliphatic heterocycles. The van der Waals surface area contributed by atoms with Crippen LogP contribution in [0.15, 0.2) is 36.9 Å². The number of benzene rings is 1. The van der Waals surface area contributed by atoms with Gasteiger partial charge in [-0.2, -0.15) is 0 Å². The number of hydrogen-bond donors (Lipinski definition) is 0. The molecule has 0 aliphatic carbocycles. The summed E-state index contributed by atoms with van der Waals surface area (Å²) in [5.74, 6) is 0.946. The van der Waals surface area contributed by atoms with Crippen LogP contribution in [0.1, 0.15) is 18.1 Å². The zero-order chi connectivity index (χ0) is 14.2. The lowest BCUT2D eigenvalue weighted by atomic mass is 10.00. The molecule has 0 N–H and O–H groups in total. The molecular formula is C16H17N5. The molecule has 0 saturated carbocycles. The third kappa shape index (κ3) is 1.96. The molecule has 2 aromatic heterocycles. The molecule has 0 saturated heterocycles. The van der Waals surface area contributed by atoms with Crippen LogP contribution in [0, 0.1) is 0 Å². The molecule has 3 heterocycles. The van der Waals surface area contributed by atoms with Crippen LogP contribution in [0.2, 0.25) is 0 Å². The van der Waals surface area contributed by atoms with Crippen molar-refractivity contribution < 1.29 is 0 Å². The number of aryl methyl sites for hydroxylation is 1. The summed E-state index contributed by atoms with van der Waals surface area (Å²) in [4.78, 5) is 15.7. The van der Waals surface area contributed by atoms with Crippen LogP contribution in [0.25, 0.3) is 11.2 Å². The van der Waals surface area contributed by atoms with Crippen LogP contribution < -0.4 is 4.90 Å². The van der Waals surface area contributed by atoms with Gasteiger partial charge in [-0.15, -0.1) is 0 Å². The van der Waals surface area contributed by atoms with Crippen molar-refractivity contribution in [3.8, 4) is 0 Å². The maximum Gasteiger partial charge on any atom is 0.165 e. The normalized spacial score (nSPS) is 14.4. The molecule has 106 valence electrons. The first kappa shape index (κ1) is 12.3. The second-order valence-corrected chi connectivity index (χ2v) is 5.34. The third-order valence-electron chi connectivity index (χ3n) is 4.15. The summed E-state index contributed by atoms with van der Waals surface area (Å²) >= 11 is 0. The van der Waals surface area contributed by atoms with E-state index in [0.29, 0.717) is 0 Å². The van der Waals surface area contributed by atoms with Gasteiger partial charge in [0.25, 0.3) is 0 Å². The Labute approximate surface area is 123 Å². The molecule has 0 amide bonds. The number of hydrogen-bond acceptors (Lipinski definition) is 4. The van der Waals surface area contributed by atoms with Gasteiger partial charge < -0.3 is 9.47 Å². The van der Waals surface area contributed by atoms with Gasteiger partial charge in [-0.25, -0.2) is 15.0 Å². The standard InChI is InChI=1S/C16H17N5/c1-2-20-11-19-14-15(20)17-10-18-16(14)21-8-7-12-5-3-4-6-13(12)9-21/h3-6,10-11H,2,7-9H2,1H3. The molecular weight excluding hydrogens is 262 g/mol. The number of nitrogens with zero attached hydrogens (tertiary/aromatic N) is 5. The Morgan fingerprint density at radius 2 is 1.95 bits per heavy atom. The maximum absolute atomic E-state index is 4.52. The fourth-order valence-electron chi connectivity index (χ4n) is 3.01. The van der Waals surface area contributed by atoms with E-state index < -0.39 is 0 Å². The number of imidazole rings is 1. The minimum absolute atomic E-state index is 0.871. The van der Waals surface area contributed by atoms with Crippen molar-refractivity contribution in [2.24, 2.45) is 0 Å². The first-order chi connectivity index (χ1) is 10.4. The van der Waals surface area contributed by atoms with Crippen molar-refractivity contribution in [2.45, 2.75) is 26.4 Å². The second-order valence-electron chi connectivity index (χ2n) is 5.34. The molecule has 3 aromatic rings. The molecule has 0 atom stereocenters. The van der Waals surface area contributed by atoms with Crippen molar-refractivity contribution in [2.75, 3.05) is 11.4 Å². The molecule has 1 aliphatic rings. The number of fused-ring (bicyclic) bond motifs is 2. The zero-order valence-electron chi connectivity index (χ0n) is 12.0. The van der Waals surface area contributed by atoms with Crippen molar-refractivity contribution in [3.63, 3.8) is 0 Å². The first-order valence-corrected chi connectivity index (χ1v) is 7.34. The zero-order valence-corrected chi connectivity index (χ0v) is 12.0. The van der Waals surface area contributed by atoms with E-state index in [1.54, 1.807) is 6.33 Å². The number of aromatic nitrogens is 4. The molecule has 0 fully saturated rings. The van der Waals surface area contributed by atoms with E-state index in [2.05, 4.69) is 55.6 Å². The molecule has 4 rings (SSSR count). The van der Waals surface area contributed by atoms with Crippen LogP contribution >= 0.6 is 0 Å². The minimum Gasteiger partial charge on any atom is -0.350 e. The van der Waals surface area contributed by atoms with E-state index in [4.69, 9.17) is 0 Å². The summed E-state index contributed by atoms with van der Waals surface area (Å²) in [6.07, 6.45) is 4.54. The Morgan fingerprint density at radius 3 is 2.81 bits per heavy atom. The number of anilines is 1. The van der Waals surface area contributed by atoms with Gasteiger partial charge in [-0.3, -0.25) is 0 Å². The predicted octanol–water partition coefficient (Wildman–Crippen LogP) is 2.41. The van der Waals surface area contributed by atoms with Crippen LogP contribution in [0.5, 0.6) is 0 Å². The summed E-state index contributed by atoms with van der Waals surface area (Å²) in [5.41, 5.74) is 4.64. The van der Waals surface area contributed by atoms with E-state index in [1.807, 2.05) is 6.33 Å². The van der Waals surface area contributed by atoms with Crippen molar-refractivity contribution in [1.82, 2.24) is 19.5 Å². The SMILES string of the molecule is CCn1cnc2c(N3CCc4ccccc4C3)ncnc21. The highest BCUT2D eigenvalue weighted by Crippen LogP contribution is 2.27. The van der Waals surface area contributed by atoms with Crippen molar-refractivity contribution >= 4 is 17.0 Å². The highest BCUT2D eigenvalue weighted by molar-refractivity contribution is 5.83. The Balaban J connectivity index is 1.76. The predicted molar refractivity (Wildman–Crippen MR) is 82.2 cm³/mol. The van der Waals surface area contributed by atoms with Gasteiger partial charge in [-0.05, 0) is 24.5 Å². The number of rotatable bonds is 2. The molecule has 0 unspecified atom stereocenters. The Morgan fingerprint density at radius 1 is 1.10 bits per heavy atom. The summed E-state index contributed by atoms with van der Waals surface area (Å²) in [7, 11) is 0. The van der Waals surface area contributed by atoms with Crippen LogP contribution in [-0.2, 0) is 19.5 Å². The molecule has 5 heteroatoms. The Kier molecular flexibility index (Phi) is 2.84. The lowest BCUT2D eigenvalue weighted by molar-refractivity contribution is 0.722. The highest BCUT2D eigenvalue weighted by Gasteiger charge is 2.20. The topological polar surface area (TPSA) is 46.8 Å². The molecule has 0 radical (unpaired) electrons. The summed E-state index contributed by atoms with van der Waals surface area (Å²) < 4.78 is 2.05. The monoisotopic (exact) mass is 279 g/mol. The molecule has 0 bridgehead atoms. The average Bonchev–Trinajstić information content (AvgIpc) is 2.97. The smallest absolute Gasteiger partial charge is 0.165 e. The lowest BCUT2D eigenvalue weighted by Crippen LogP contribution is -2.31. The van der Waals surface area contributed by atoms with Gasteiger partial charge in [0.2, 0.25) is 0 Å². The molecule has 0 spiro atoms. The van der Waals surface area contributed by atoms with Crippen LogP contribution in [-0.4, -0.2) is 26.1 Å². The van der Waals surface area contributed by atoms with Gasteiger partial charge in [0.1, 0.15) is 6.33 Å². The first-order valence-electron chi connectivity index (χ1n) is 7.34. The molecule has 5 nitrogen and oxygen atoms in total. The quantitative estimate of drug-likeness (QED) is 0.722. The van der Waals surface area contributed by atoms with E-state index in [1.165, 1.54) is 11.1 Å². The summed E-state index contributed by atoms with van der Waals surface area (Å²) in [5, 5.41) is 0. The van der Waals surface area contributed by atoms with Crippen molar-refractivity contribution in [1.29, 1.82) is 0 Å². The largest absolute Gasteiger partial charge is 0.350 e. The van der Waals surface area contributed by atoms with E-state index in [0.717, 1.165) is 43.0 Å². The fraction of sp³-hybridized carbons (Fsp3) is 0.312. The van der Waals surface area contributed by atoms with Gasteiger partial charge >= 0.3 is 0 Å². The fourth-order valence-corrected chi connectivity index (χ4v) is 3.01. The third-order valence-corrected chi connectivity index (χ3v) is 4.15. The summed E-state index contributed by atoms with van der Waals surface area (Å²) in [6, 6.07) is 8.63. The Hall–Kier alpha value is -2.43.